The SMILES string of the molecule is CC(C)OCCCCNS(=O)(=O)c1ccc(C#N)s1. The molecule has 0 bridgehead atoms. The van der Waals surface area contributed by atoms with Gasteiger partial charge in [0.15, 0.2) is 0 Å². The average Bonchev–Trinajstić information content (AvgIpc) is 2.82. The average molecular weight is 302 g/mol. The first-order valence-corrected chi connectivity index (χ1v) is 8.37. The fourth-order valence-electron chi connectivity index (χ4n) is 1.35. The molecular formula is C12H18N2O3S2. The summed E-state index contributed by atoms with van der Waals surface area (Å²) in [7, 11) is -3.48. The van der Waals surface area contributed by atoms with Crippen LogP contribution >= 0.6 is 11.3 Å². The lowest BCUT2D eigenvalue weighted by atomic mass is 10.3. The molecule has 0 aliphatic heterocycles. The van der Waals surface area contributed by atoms with Gasteiger partial charge in [-0.15, -0.1) is 11.3 Å². The Morgan fingerprint density at radius 2 is 2.16 bits per heavy atom. The fourth-order valence-corrected chi connectivity index (χ4v) is 3.57. The highest BCUT2D eigenvalue weighted by Gasteiger charge is 2.15. The smallest absolute Gasteiger partial charge is 0.250 e. The molecule has 5 nitrogen and oxygen atoms in total. The van der Waals surface area contributed by atoms with Crippen molar-refractivity contribution in [2.24, 2.45) is 0 Å². The van der Waals surface area contributed by atoms with E-state index >= 15 is 0 Å². The molecule has 106 valence electrons. The van der Waals surface area contributed by atoms with Crippen LogP contribution in [0.25, 0.3) is 0 Å². The number of hydrogen-bond donors (Lipinski definition) is 1. The van der Waals surface area contributed by atoms with Gasteiger partial charge < -0.3 is 4.74 Å². The van der Waals surface area contributed by atoms with Crippen LogP contribution in [0.15, 0.2) is 16.3 Å². The van der Waals surface area contributed by atoms with E-state index in [1.54, 1.807) is 0 Å². The minimum absolute atomic E-state index is 0.183. The van der Waals surface area contributed by atoms with Gasteiger partial charge in [-0.1, -0.05) is 0 Å². The summed E-state index contributed by atoms with van der Waals surface area (Å²) in [5.41, 5.74) is 0. The second-order valence-electron chi connectivity index (χ2n) is 4.25. The Morgan fingerprint density at radius 1 is 1.42 bits per heavy atom. The lowest BCUT2D eigenvalue weighted by Crippen LogP contribution is -2.24. The molecule has 7 heteroatoms. The summed E-state index contributed by atoms with van der Waals surface area (Å²) >= 11 is 0.976. The van der Waals surface area contributed by atoms with Crippen LogP contribution in [0.4, 0.5) is 0 Å². The molecule has 0 aliphatic carbocycles. The highest BCUT2D eigenvalue weighted by atomic mass is 32.2. The third-order valence-corrected chi connectivity index (χ3v) is 5.21. The molecule has 0 atom stereocenters. The van der Waals surface area contributed by atoms with Crippen molar-refractivity contribution in [2.75, 3.05) is 13.2 Å². The maximum absolute atomic E-state index is 11.9. The molecule has 0 saturated heterocycles. The van der Waals surface area contributed by atoms with Gasteiger partial charge in [0.2, 0.25) is 10.0 Å². The Morgan fingerprint density at radius 3 is 2.74 bits per heavy atom. The minimum atomic E-state index is -3.48. The van der Waals surface area contributed by atoms with Gasteiger partial charge in [-0.3, -0.25) is 0 Å². The quantitative estimate of drug-likeness (QED) is 0.746. The first-order chi connectivity index (χ1) is 8.95. The maximum atomic E-state index is 11.9. The number of rotatable bonds is 8. The predicted octanol–water partition coefficient (Wildman–Crippen LogP) is 2.10. The van der Waals surface area contributed by atoms with E-state index in [9.17, 15) is 8.42 Å². The maximum Gasteiger partial charge on any atom is 0.250 e. The van der Waals surface area contributed by atoms with Crippen molar-refractivity contribution in [3.05, 3.63) is 17.0 Å². The molecule has 0 aromatic carbocycles. The van der Waals surface area contributed by atoms with Crippen LogP contribution in [0.5, 0.6) is 0 Å². The molecule has 0 radical (unpaired) electrons. The number of sulfonamides is 1. The normalized spacial score (nSPS) is 11.7. The highest BCUT2D eigenvalue weighted by molar-refractivity contribution is 7.91. The van der Waals surface area contributed by atoms with Gasteiger partial charge in [0, 0.05) is 13.2 Å². The number of thiophene rings is 1. The van der Waals surface area contributed by atoms with E-state index in [1.807, 2.05) is 19.9 Å². The predicted molar refractivity (Wildman–Crippen MR) is 74.5 cm³/mol. The molecule has 0 fully saturated rings. The van der Waals surface area contributed by atoms with E-state index in [0.29, 0.717) is 18.0 Å². The second kappa shape index (κ2) is 7.60. The molecule has 0 unspecified atom stereocenters. The largest absolute Gasteiger partial charge is 0.379 e. The lowest BCUT2D eigenvalue weighted by molar-refractivity contribution is 0.0762. The van der Waals surface area contributed by atoms with Crippen LogP contribution in [0.3, 0.4) is 0 Å². The molecule has 0 aliphatic rings. The summed E-state index contributed by atoms with van der Waals surface area (Å²) in [6.45, 7) is 4.94. The van der Waals surface area contributed by atoms with E-state index in [1.165, 1.54) is 12.1 Å². The van der Waals surface area contributed by atoms with Crippen molar-refractivity contribution >= 4 is 21.4 Å². The second-order valence-corrected chi connectivity index (χ2v) is 7.33. The summed E-state index contributed by atoms with van der Waals surface area (Å²) < 4.78 is 31.8. The van der Waals surface area contributed by atoms with Gasteiger partial charge in [0.25, 0.3) is 0 Å². The molecule has 1 aromatic heterocycles. The number of nitrogens with zero attached hydrogens (tertiary/aromatic N) is 1. The Kier molecular flexibility index (Phi) is 6.45. The van der Waals surface area contributed by atoms with Gasteiger partial charge in [0.05, 0.1) is 6.10 Å². The third-order valence-electron chi connectivity index (χ3n) is 2.27. The minimum Gasteiger partial charge on any atom is -0.379 e. The van der Waals surface area contributed by atoms with Gasteiger partial charge in [-0.25, -0.2) is 13.1 Å². The van der Waals surface area contributed by atoms with Crippen molar-refractivity contribution in [1.82, 2.24) is 4.72 Å². The summed E-state index contributed by atoms with van der Waals surface area (Å²) in [5.74, 6) is 0. The first-order valence-electron chi connectivity index (χ1n) is 6.07. The molecule has 1 aromatic rings. The van der Waals surface area contributed by atoms with Crippen LogP contribution < -0.4 is 4.72 Å². The Balaban J connectivity index is 2.34. The zero-order valence-electron chi connectivity index (χ0n) is 11.0. The fraction of sp³-hybridized carbons (Fsp3) is 0.583. The van der Waals surface area contributed by atoms with E-state index in [0.717, 1.165) is 24.2 Å². The van der Waals surface area contributed by atoms with Crippen LogP contribution in [-0.4, -0.2) is 27.7 Å². The third kappa shape index (κ3) is 5.70. The Bertz CT molecular complexity index is 529. The van der Waals surface area contributed by atoms with E-state index in [-0.39, 0.29) is 10.3 Å². The number of ether oxygens (including phenoxy) is 1. The summed E-state index contributed by atoms with van der Waals surface area (Å²) in [4.78, 5) is 0.394. The number of hydrogen-bond acceptors (Lipinski definition) is 5. The zero-order chi connectivity index (χ0) is 14.3. The van der Waals surface area contributed by atoms with Crippen molar-refractivity contribution in [1.29, 1.82) is 5.26 Å². The van der Waals surface area contributed by atoms with Gasteiger partial charge >= 0.3 is 0 Å². The molecule has 1 heterocycles. The first kappa shape index (κ1) is 16.1. The zero-order valence-corrected chi connectivity index (χ0v) is 12.7. The van der Waals surface area contributed by atoms with Gasteiger partial charge in [0.1, 0.15) is 15.2 Å². The molecule has 1 rings (SSSR count). The van der Waals surface area contributed by atoms with Crippen LogP contribution in [0.1, 0.15) is 31.6 Å². The van der Waals surface area contributed by atoms with Crippen molar-refractivity contribution in [2.45, 2.75) is 37.0 Å². The van der Waals surface area contributed by atoms with Gasteiger partial charge in [-0.2, -0.15) is 5.26 Å². The summed E-state index contributed by atoms with van der Waals surface area (Å²) in [5, 5.41) is 8.67. The van der Waals surface area contributed by atoms with E-state index < -0.39 is 10.0 Å². The van der Waals surface area contributed by atoms with Crippen LogP contribution in [0, 0.1) is 11.3 Å². The Hall–Kier alpha value is -0.940. The number of nitrogens with one attached hydrogen (secondary N) is 1. The van der Waals surface area contributed by atoms with E-state index in [2.05, 4.69) is 4.72 Å². The van der Waals surface area contributed by atoms with Crippen molar-refractivity contribution in [3.63, 3.8) is 0 Å². The standard InChI is InChI=1S/C12H18N2O3S2/c1-10(2)17-8-4-3-7-14-19(15,16)12-6-5-11(9-13)18-12/h5-6,10,14H,3-4,7-8H2,1-2H3. The van der Waals surface area contributed by atoms with Crippen LogP contribution in [0.2, 0.25) is 0 Å². The van der Waals surface area contributed by atoms with E-state index in [4.69, 9.17) is 10.00 Å². The molecule has 1 N–H and O–H groups in total. The molecule has 0 amide bonds. The highest BCUT2D eigenvalue weighted by Crippen LogP contribution is 2.20. The number of nitriles is 1. The molecule has 0 spiro atoms. The van der Waals surface area contributed by atoms with Crippen molar-refractivity contribution < 1.29 is 13.2 Å². The lowest BCUT2D eigenvalue weighted by Gasteiger charge is -2.07. The molecule has 19 heavy (non-hydrogen) atoms. The molecule has 0 saturated carbocycles. The van der Waals surface area contributed by atoms with Gasteiger partial charge in [-0.05, 0) is 38.8 Å². The number of unbranched alkanes of at least 4 members (excludes halogenated alkanes) is 1. The Labute approximate surface area is 118 Å². The van der Waals surface area contributed by atoms with Crippen molar-refractivity contribution in [3.8, 4) is 6.07 Å². The topological polar surface area (TPSA) is 79.2 Å². The summed E-state index contributed by atoms with van der Waals surface area (Å²) in [6, 6.07) is 4.89. The molecular weight excluding hydrogens is 284 g/mol. The van der Waals surface area contributed by atoms with Crippen LogP contribution in [-0.2, 0) is 14.8 Å². The monoisotopic (exact) mass is 302 g/mol. The summed E-state index contributed by atoms with van der Waals surface area (Å²) in [6.07, 6.45) is 1.74.